The first kappa shape index (κ1) is 12.3. The van der Waals surface area contributed by atoms with Gasteiger partial charge < -0.3 is 9.84 Å². The van der Waals surface area contributed by atoms with Gasteiger partial charge in [-0.3, -0.25) is 0 Å². The summed E-state index contributed by atoms with van der Waals surface area (Å²) in [5, 5.41) is 9.62. The van der Waals surface area contributed by atoms with Gasteiger partial charge in [0.15, 0.2) is 0 Å². The molecule has 0 aliphatic rings. The largest absolute Gasteiger partial charge is 0.506 e. The maximum atomic E-state index is 9.29. The number of ether oxygens (including phenoxy) is 1. The Balaban J connectivity index is 2.05. The number of rotatable bonds is 3. The molecule has 0 aromatic heterocycles. The number of benzene rings is 2. The summed E-state index contributed by atoms with van der Waals surface area (Å²) < 4.78 is 6.57. The van der Waals surface area contributed by atoms with Crippen LogP contribution in [0, 0.1) is 0 Å². The highest BCUT2D eigenvalue weighted by atomic mass is 79.9. The standard InChI is InChI=1S/C13H10BrClO2/c14-10-2-1-3-11(7-10)17-8-9-4-5-13(16)12(15)6-9/h1-7,16H,8H2. The van der Waals surface area contributed by atoms with Crippen molar-refractivity contribution in [2.24, 2.45) is 0 Å². The first-order chi connectivity index (χ1) is 8.15. The summed E-state index contributed by atoms with van der Waals surface area (Å²) in [5.74, 6) is 0.862. The Labute approximate surface area is 113 Å². The van der Waals surface area contributed by atoms with E-state index in [9.17, 15) is 5.11 Å². The van der Waals surface area contributed by atoms with Crippen molar-refractivity contribution in [1.82, 2.24) is 0 Å². The molecule has 4 heteroatoms. The van der Waals surface area contributed by atoms with Gasteiger partial charge in [0.05, 0.1) is 5.02 Å². The normalized spacial score (nSPS) is 10.2. The molecule has 2 rings (SSSR count). The van der Waals surface area contributed by atoms with E-state index in [1.807, 2.05) is 24.3 Å². The van der Waals surface area contributed by atoms with Crippen molar-refractivity contribution in [3.05, 3.63) is 57.5 Å². The van der Waals surface area contributed by atoms with Gasteiger partial charge in [-0.25, -0.2) is 0 Å². The molecule has 0 atom stereocenters. The lowest BCUT2D eigenvalue weighted by atomic mass is 10.2. The minimum Gasteiger partial charge on any atom is -0.506 e. The average Bonchev–Trinajstić information content (AvgIpc) is 2.31. The summed E-state index contributed by atoms with van der Waals surface area (Å²) in [6.07, 6.45) is 0. The molecule has 0 unspecified atom stereocenters. The molecule has 0 saturated heterocycles. The fourth-order valence-corrected chi connectivity index (χ4v) is 1.95. The molecular formula is C13H10BrClO2. The highest BCUT2D eigenvalue weighted by Gasteiger charge is 2.01. The molecule has 0 fully saturated rings. The van der Waals surface area contributed by atoms with E-state index in [-0.39, 0.29) is 5.75 Å². The van der Waals surface area contributed by atoms with Gasteiger partial charge in [-0.15, -0.1) is 0 Å². The second kappa shape index (κ2) is 5.43. The van der Waals surface area contributed by atoms with E-state index in [4.69, 9.17) is 16.3 Å². The van der Waals surface area contributed by atoms with Gasteiger partial charge in [-0.1, -0.05) is 39.7 Å². The number of halogens is 2. The Morgan fingerprint density at radius 2 is 2.00 bits per heavy atom. The highest BCUT2D eigenvalue weighted by molar-refractivity contribution is 9.10. The smallest absolute Gasteiger partial charge is 0.134 e. The van der Waals surface area contributed by atoms with Crippen LogP contribution in [0.15, 0.2) is 46.9 Å². The van der Waals surface area contributed by atoms with E-state index in [2.05, 4.69) is 15.9 Å². The fourth-order valence-electron chi connectivity index (χ4n) is 1.36. The third kappa shape index (κ3) is 3.38. The molecule has 88 valence electrons. The van der Waals surface area contributed by atoms with Crippen molar-refractivity contribution >= 4 is 27.5 Å². The number of hydrogen-bond donors (Lipinski definition) is 1. The van der Waals surface area contributed by atoms with Crippen LogP contribution in [0.1, 0.15) is 5.56 Å². The molecule has 0 amide bonds. The van der Waals surface area contributed by atoms with Crippen LogP contribution in [0.25, 0.3) is 0 Å². The van der Waals surface area contributed by atoms with Crippen molar-refractivity contribution in [1.29, 1.82) is 0 Å². The summed E-state index contributed by atoms with van der Waals surface area (Å²) in [4.78, 5) is 0. The third-order valence-electron chi connectivity index (χ3n) is 2.21. The highest BCUT2D eigenvalue weighted by Crippen LogP contribution is 2.25. The Bertz CT molecular complexity index is 529. The Hall–Kier alpha value is -1.19. The third-order valence-corrected chi connectivity index (χ3v) is 3.01. The van der Waals surface area contributed by atoms with Crippen molar-refractivity contribution < 1.29 is 9.84 Å². The zero-order valence-electron chi connectivity index (χ0n) is 8.86. The number of phenols is 1. The van der Waals surface area contributed by atoms with E-state index >= 15 is 0 Å². The molecule has 0 bridgehead atoms. The van der Waals surface area contributed by atoms with E-state index < -0.39 is 0 Å². The average molecular weight is 314 g/mol. The Kier molecular flexibility index (Phi) is 3.92. The lowest BCUT2D eigenvalue weighted by Gasteiger charge is -2.07. The lowest BCUT2D eigenvalue weighted by molar-refractivity contribution is 0.306. The van der Waals surface area contributed by atoms with Gasteiger partial charge in [-0.2, -0.15) is 0 Å². The number of hydrogen-bond acceptors (Lipinski definition) is 2. The minimum atomic E-state index is 0.0814. The molecule has 0 aliphatic carbocycles. The molecule has 1 N–H and O–H groups in total. The van der Waals surface area contributed by atoms with Crippen molar-refractivity contribution in [2.75, 3.05) is 0 Å². The van der Waals surface area contributed by atoms with Gasteiger partial charge in [-0.05, 0) is 35.9 Å². The molecule has 2 nitrogen and oxygen atoms in total. The van der Waals surface area contributed by atoms with Gasteiger partial charge in [0.25, 0.3) is 0 Å². The second-order valence-electron chi connectivity index (χ2n) is 3.53. The quantitative estimate of drug-likeness (QED) is 0.911. The number of phenolic OH excluding ortho intramolecular Hbond substituents is 1. The van der Waals surface area contributed by atoms with Crippen molar-refractivity contribution in [2.45, 2.75) is 6.61 Å². The van der Waals surface area contributed by atoms with Crippen LogP contribution < -0.4 is 4.74 Å². The van der Waals surface area contributed by atoms with Crippen molar-refractivity contribution in [3.8, 4) is 11.5 Å². The van der Waals surface area contributed by atoms with Crippen LogP contribution in [0.3, 0.4) is 0 Å². The molecule has 0 spiro atoms. The van der Waals surface area contributed by atoms with Crippen LogP contribution in [0.5, 0.6) is 11.5 Å². The molecular weight excluding hydrogens is 303 g/mol. The predicted molar refractivity (Wildman–Crippen MR) is 71.6 cm³/mol. The van der Waals surface area contributed by atoms with Crippen LogP contribution in [0.4, 0.5) is 0 Å². The Morgan fingerprint density at radius 3 is 2.71 bits per heavy atom. The van der Waals surface area contributed by atoms with E-state index in [0.29, 0.717) is 11.6 Å². The molecule has 17 heavy (non-hydrogen) atoms. The second-order valence-corrected chi connectivity index (χ2v) is 4.85. The van der Waals surface area contributed by atoms with Crippen LogP contribution >= 0.6 is 27.5 Å². The van der Waals surface area contributed by atoms with Gasteiger partial charge in [0.2, 0.25) is 0 Å². The summed E-state index contributed by atoms with van der Waals surface area (Å²) in [6, 6.07) is 12.6. The summed E-state index contributed by atoms with van der Waals surface area (Å²) in [6.45, 7) is 0.413. The van der Waals surface area contributed by atoms with E-state index in [1.54, 1.807) is 18.2 Å². The fraction of sp³-hybridized carbons (Fsp3) is 0.0769. The maximum Gasteiger partial charge on any atom is 0.134 e. The first-order valence-corrected chi connectivity index (χ1v) is 6.18. The molecule has 0 radical (unpaired) electrons. The Morgan fingerprint density at radius 1 is 1.18 bits per heavy atom. The first-order valence-electron chi connectivity index (χ1n) is 5.01. The van der Waals surface area contributed by atoms with Crippen LogP contribution in [-0.4, -0.2) is 5.11 Å². The van der Waals surface area contributed by atoms with Gasteiger partial charge >= 0.3 is 0 Å². The van der Waals surface area contributed by atoms with Crippen LogP contribution in [-0.2, 0) is 6.61 Å². The molecule has 2 aromatic rings. The molecule has 0 saturated carbocycles. The molecule has 2 aromatic carbocycles. The zero-order valence-corrected chi connectivity index (χ0v) is 11.2. The lowest BCUT2D eigenvalue weighted by Crippen LogP contribution is -1.95. The number of aromatic hydroxyl groups is 1. The molecule has 0 aliphatic heterocycles. The van der Waals surface area contributed by atoms with Crippen molar-refractivity contribution in [3.63, 3.8) is 0 Å². The van der Waals surface area contributed by atoms with Gasteiger partial charge in [0, 0.05) is 4.47 Å². The summed E-state index contributed by atoms with van der Waals surface area (Å²) in [5.41, 5.74) is 0.910. The summed E-state index contributed by atoms with van der Waals surface area (Å²) in [7, 11) is 0. The van der Waals surface area contributed by atoms with E-state index in [1.165, 1.54) is 0 Å². The minimum absolute atomic E-state index is 0.0814. The topological polar surface area (TPSA) is 29.5 Å². The molecule has 0 heterocycles. The SMILES string of the molecule is Oc1ccc(COc2cccc(Br)c2)cc1Cl. The zero-order chi connectivity index (χ0) is 12.3. The van der Waals surface area contributed by atoms with E-state index in [0.717, 1.165) is 15.8 Å². The monoisotopic (exact) mass is 312 g/mol. The van der Waals surface area contributed by atoms with Crippen LogP contribution in [0.2, 0.25) is 5.02 Å². The predicted octanol–water partition coefficient (Wildman–Crippen LogP) is 4.39. The summed E-state index contributed by atoms with van der Waals surface area (Å²) >= 11 is 9.18. The maximum absolute atomic E-state index is 9.29. The van der Waals surface area contributed by atoms with Gasteiger partial charge in [0.1, 0.15) is 18.1 Å².